The van der Waals surface area contributed by atoms with Crippen LogP contribution in [-0.4, -0.2) is 14.9 Å². The number of aryl methyl sites for hydroxylation is 2. The summed E-state index contributed by atoms with van der Waals surface area (Å²) in [6, 6.07) is 5.02. The van der Waals surface area contributed by atoms with Crippen LogP contribution in [0.5, 0.6) is 0 Å². The molecule has 2 rings (SSSR count). The highest BCUT2D eigenvalue weighted by Crippen LogP contribution is 2.31. The molecule has 0 aliphatic rings. The molecule has 1 atom stereocenters. The van der Waals surface area contributed by atoms with E-state index < -0.39 is 6.10 Å². The average Bonchev–Trinajstić information content (AvgIpc) is 2.68. The Labute approximate surface area is 133 Å². The average molecular weight is 334 g/mol. The van der Waals surface area contributed by atoms with Gasteiger partial charge in [0.15, 0.2) is 0 Å². The van der Waals surface area contributed by atoms with Crippen LogP contribution >= 0.6 is 34.8 Å². The van der Waals surface area contributed by atoms with Crippen LogP contribution in [0.25, 0.3) is 0 Å². The van der Waals surface area contributed by atoms with E-state index in [1.54, 1.807) is 22.9 Å². The molecule has 0 fully saturated rings. The molecule has 0 spiro atoms. The SMILES string of the molecule is CCc1nn(C)c(CC(O)c2cc(Cl)ccc2Cl)c1Cl. The van der Waals surface area contributed by atoms with E-state index in [-0.39, 0.29) is 0 Å². The van der Waals surface area contributed by atoms with Crippen LogP contribution in [0.15, 0.2) is 18.2 Å². The largest absolute Gasteiger partial charge is 0.388 e. The van der Waals surface area contributed by atoms with Crippen LogP contribution in [0, 0.1) is 0 Å². The van der Waals surface area contributed by atoms with Gasteiger partial charge in [0.1, 0.15) is 0 Å². The Bertz CT molecular complexity index is 625. The summed E-state index contributed by atoms with van der Waals surface area (Å²) in [6.45, 7) is 1.99. The molecule has 0 bridgehead atoms. The van der Waals surface area contributed by atoms with Gasteiger partial charge in [-0.1, -0.05) is 41.7 Å². The number of rotatable bonds is 4. The van der Waals surface area contributed by atoms with Gasteiger partial charge in [-0.25, -0.2) is 0 Å². The fourth-order valence-electron chi connectivity index (χ4n) is 2.10. The highest BCUT2D eigenvalue weighted by atomic mass is 35.5. The molecule has 0 amide bonds. The lowest BCUT2D eigenvalue weighted by Gasteiger charge is -2.13. The fraction of sp³-hybridized carbons (Fsp3) is 0.357. The topological polar surface area (TPSA) is 38.0 Å². The summed E-state index contributed by atoms with van der Waals surface area (Å²) < 4.78 is 1.70. The first-order valence-corrected chi connectivity index (χ1v) is 7.40. The Kier molecular flexibility index (Phi) is 4.97. The molecular weight excluding hydrogens is 319 g/mol. The van der Waals surface area contributed by atoms with Crippen LogP contribution in [0.2, 0.25) is 15.1 Å². The Morgan fingerprint density at radius 3 is 2.60 bits per heavy atom. The van der Waals surface area contributed by atoms with Gasteiger partial charge in [0.05, 0.1) is 22.5 Å². The predicted molar refractivity (Wildman–Crippen MR) is 82.7 cm³/mol. The molecule has 2 aromatic rings. The highest BCUT2D eigenvalue weighted by Gasteiger charge is 2.19. The maximum atomic E-state index is 10.4. The zero-order valence-electron chi connectivity index (χ0n) is 11.2. The Hall–Kier alpha value is -0.740. The minimum atomic E-state index is -0.779. The van der Waals surface area contributed by atoms with Crippen LogP contribution in [0.3, 0.4) is 0 Å². The first-order valence-electron chi connectivity index (χ1n) is 6.27. The molecule has 1 aromatic heterocycles. The smallest absolute Gasteiger partial charge is 0.0860 e. The summed E-state index contributed by atoms with van der Waals surface area (Å²) in [6.07, 6.45) is 0.308. The quantitative estimate of drug-likeness (QED) is 0.909. The minimum Gasteiger partial charge on any atom is -0.388 e. The van der Waals surface area contributed by atoms with Crippen LogP contribution in [0.1, 0.15) is 30.0 Å². The molecule has 20 heavy (non-hydrogen) atoms. The van der Waals surface area contributed by atoms with Gasteiger partial charge < -0.3 is 5.11 Å². The van der Waals surface area contributed by atoms with Crippen molar-refractivity contribution in [3.8, 4) is 0 Å². The first-order chi connectivity index (χ1) is 9.43. The van der Waals surface area contributed by atoms with Crippen molar-refractivity contribution in [2.75, 3.05) is 0 Å². The molecule has 0 saturated carbocycles. The molecule has 0 aliphatic heterocycles. The molecule has 1 N–H and O–H groups in total. The Balaban J connectivity index is 2.30. The third kappa shape index (κ3) is 3.12. The van der Waals surface area contributed by atoms with Gasteiger partial charge in [0, 0.05) is 29.1 Å². The van der Waals surface area contributed by atoms with Crippen molar-refractivity contribution in [3.05, 3.63) is 50.2 Å². The van der Waals surface area contributed by atoms with Crippen molar-refractivity contribution >= 4 is 34.8 Å². The zero-order chi connectivity index (χ0) is 14.9. The van der Waals surface area contributed by atoms with Gasteiger partial charge in [0.2, 0.25) is 0 Å². The second kappa shape index (κ2) is 6.35. The van der Waals surface area contributed by atoms with Crippen molar-refractivity contribution in [2.45, 2.75) is 25.9 Å². The molecule has 1 aromatic carbocycles. The fourth-order valence-corrected chi connectivity index (χ4v) is 2.90. The Morgan fingerprint density at radius 2 is 2.00 bits per heavy atom. The summed E-state index contributed by atoms with van der Waals surface area (Å²) in [7, 11) is 1.81. The number of hydrogen-bond donors (Lipinski definition) is 1. The van der Waals surface area contributed by atoms with E-state index in [0.717, 1.165) is 17.8 Å². The standard InChI is InChI=1S/C14H15Cl3N2O/c1-3-11-14(17)12(19(2)18-11)7-13(20)9-6-8(15)4-5-10(9)16/h4-6,13,20H,3,7H2,1-2H3. The summed E-state index contributed by atoms with van der Waals surface area (Å²) in [5.74, 6) is 0. The summed E-state index contributed by atoms with van der Waals surface area (Å²) >= 11 is 18.3. The minimum absolute atomic E-state index is 0.336. The molecule has 1 heterocycles. The lowest BCUT2D eigenvalue weighted by Crippen LogP contribution is -2.07. The molecule has 0 saturated heterocycles. The molecule has 0 radical (unpaired) electrons. The Morgan fingerprint density at radius 1 is 1.30 bits per heavy atom. The first kappa shape index (κ1) is 15.6. The number of aromatic nitrogens is 2. The number of aliphatic hydroxyl groups excluding tert-OH is 1. The monoisotopic (exact) mass is 332 g/mol. The molecule has 108 valence electrons. The van der Waals surface area contributed by atoms with Crippen molar-refractivity contribution in [2.24, 2.45) is 7.05 Å². The van der Waals surface area contributed by atoms with E-state index in [2.05, 4.69) is 5.10 Å². The van der Waals surface area contributed by atoms with E-state index >= 15 is 0 Å². The van der Waals surface area contributed by atoms with E-state index in [1.807, 2.05) is 14.0 Å². The third-order valence-corrected chi connectivity index (χ3v) is 4.22. The second-order valence-electron chi connectivity index (χ2n) is 4.57. The van der Waals surface area contributed by atoms with Gasteiger partial charge in [-0.15, -0.1) is 0 Å². The number of hydrogen-bond acceptors (Lipinski definition) is 2. The van der Waals surface area contributed by atoms with E-state index in [4.69, 9.17) is 34.8 Å². The van der Waals surface area contributed by atoms with Gasteiger partial charge in [-0.2, -0.15) is 5.10 Å². The normalized spacial score (nSPS) is 12.7. The number of benzene rings is 1. The van der Waals surface area contributed by atoms with Crippen molar-refractivity contribution in [1.82, 2.24) is 9.78 Å². The van der Waals surface area contributed by atoms with E-state index in [0.29, 0.717) is 27.1 Å². The van der Waals surface area contributed by atoms with Gasteiger partial charge in [-0.05, 0) is 24.6 Å². The number of halogens is 3. The van der Waals surface area contributed by atoms with Crippen molar-refractivity contribution < 1.29 is 5.11 Å². The van der Waals surface area contributed by atoms with Gasteiger partial charge >= 0.3 is 0 Å². The van der Waals surface area contributed by atoms with Crippen LogP contribution < -0.4 is 0 Å². The molecule has 1 unspecified atom stereocenters. The summed E-state index contributed by atoms with van der Waals surface area (Å²) in [4.78, 5) is 0. The lowest BCUT2D eigenvalue weighted by atomic mass is 10.0. The molecule has 6 heteroatoms. The summed E-state index contributed by atoms with van der Waals surface area (Å²) in [5.41, 5.74) is 2.20. The predicted octanol–water partition coefficient (Wildman–Crippen LogP) is 4.22. The maximum Gasteiger partial charge on any atom is 0.0860 e. The van der Waals surface area contributed by atoms with Crippen LogP contribution in [0.4, 0.5) is 0 Å². The van der Waals surface area contributed by atoms with E-state index in [1.165, 1.54) is 0 Å². The molecular formula is C14H15Cl3N2O. The molecule has 3 nitrogen and oxygen atoms in total. The summed E-state index contributed by atoms with van der Waals surface area (Å²) in [5, 5.41) is 16.3. The number of aliphatic hydroxyl groups is 1. The highest BCUT2D eigenvalue weighted by molar-refractivity contribution is 6.33. The van der Waals surface area contributed by atoms with Crippen molar-refractivity contribution in [3.63, 3.8) is 0 Å². The van der Waals surface area contributed by atoms with Crippen LogP contribution in [-0.2, 0) is 19.9 Å². The van der Waals surface area contributed by atoms with Gasteiger partial charge in [-0.3, -0.25) is 4.68 Å². The lowest BCUT2D eigenvalue weighted by molar-refractivity contribution is 0.176. The maximum absolute atomic E-state index is 10.4. The van der Waals surface area contributed by atoms with Crippen molar-refractivity contribution in [1.29, 1.82) is 0 Å². The van der Waals surface area contributed by atoms with Gasteiger partial charge in [0.25, 0.3) is 0 Å². The molecule has 0 aliphatic carbocycles. The number of nitrogens with zero attached hydrogens (tertiary/aromatic N) is 2. The zero-order valence-corrected chi connectivity index (χ0v) is 13.5. The van der Waals surface area contributed by atoms with E-state index in [9.17, 15) is 5.11 Å². The second-order valence-corrected chi connectivity index (χ2v) is 5.79. The third-order valence-electron chi connectivity index (χ3n) is 3.21.